The predicted octanol–water partition coefficient (Wildman–Crippen LogP) is 6.18. The van der Waals surface area contributed by atoms with Gasteiger partial charge in [-0.1, -0.05) is 78.9 Å². The Labute approximate surface area is 286 Å². The molecule has 0 fully saturated rings. The highest BCUT2D eigenvalue weighted by Crippen LogP contribution is 2.20. The van der Waals surface area contributed by atoms with Crippen molar-refractivity contribution in [2.45, 2.75) is 90.8 Å². The summed E-state index contributed by atoms with van der Waals surface area (Å²) in [6.45, 7) is 15.2. The van der Waals surface area contributed by atoms with Crippen LogP contribution in [0.3, 0.4) is 0 Å². The molecule has 48 heavy (non-hydrogen) atoms. The lowest BCUT2D eigenvalue weighted by Gasteiger charge is -2.30. The smallest absolute Gasteiger partial charge is 0.315 e. The second-order valence-electron chi connectivity index (χ2n) is 12.9. The molecule has 0 aliphatic rings. The van der Waals surface area contributed by atoms with E-state index in [-0.39, 0.29) is 42.4 Å². The molecule has 0 aromatic heterocycles. The second-order valence-corrected chi connectivity index (χ2v) is 12.9. The summed E-state index contributed by atoms with van der Waals surface area (Å²) >= 11 is 0. The van der Waals surface area contributed by atoms with Crippen molar-refractivity contribution in [3.8, 4) is 5.75 Å². The summed E-state index contributed by atoms with van der Waals surface area (Å²) in [5.74, 6) is 0.148. The van der Waals surface area contributed by atoms with Crippen LogP contribution in [0.1, 0.15) is 64.2 Å². The third-order valence-corrected chi connectivity index (χ3v) is 7.39. The fraction of sp³-hybridized carbons (Fsp3) is 0.410. The zero-order chi connectivity index (χ0) is 34.9. The fourth-order valence-corrected chi connectivity index (χ4v) is 5.27. The topological polar surface area (TPSA) is 109 Å². The number of carbonyl (C=O) groups is 3. The summed E-state index contributed by atoms with van der Waals surface area (Å²) < 4.78 is 11.8. The van der Waals surface area contributed by atoms with Crippen LogP contribution in [-0.2, 0) is 33.8 Å². The lowest BCUT2D eigenvalue weighted by atomic mass is 10.0. The maximum absolute atomic E-state index is 14.3. The molecule has 0 heterocycles. The first-order valence-corrected chi connectivity index (χ1v) is 16.7. The van der Waals surface area contributed by atoms with Crippen molar-refractivity contribution in [3.63, 3.8) is 0 Å². The molecule has 258 valence electrons. The van der Waals surface area contributed by atoms with Crippen molar-refractivity contribution in [1.29, 1.82) is 0 Å². The van der Waals surface area contributed by atoms with Crippen molar-refractivity contribution < 1.29 is 23.9 Å². The Morgan fingerprint density at radius 3 is 2.08 bits per heavy atom. The van der Waals surface area contributed by atoms with Gasteiger partial charge in [-0.25, -0.2) is 4.79 Å². The van der Waals surface area contributed by atoms with Gasteiger partial charge < -0.3 is 30.3 Å². The average molecular weight is 657 g/mol. The quantitative estimate of drug-likeness (QED) is 0.142. The van der Waals surface area contributed by atoms with E-state index >= 15 is 0 Å². The molecule has 0 radical (unpaired) electrons. The number of amides is 4. The molecule has 3 rings (SSSR count). The Bertz CT molecular complexity index is 1420. The Balaban J connectivity index is 1.79. The van der Waals surface area contributed by atoms with Gasteiger partial charge in [0.15, 0.2) is 0 Å². The Morgan fingerprint density at radius 2 is 1.50 bits per heavy atom. The molecule has 0 aliphatic carbocycles. The normalized spacial score (nSPS) is 13.0. The van der Waals surface area contributed by atoms with Crippen LogP contribution in [0.15, 0.2) is 97.6 Å². The first-order valence-electron chi connectivity index (χ1n) is 16.7. The number of nitrogens with zero attached hydrogens (tertiary/aromatic N) is 1. The van der Waals surface area contributed by atoms with Crippen LogP contribution in [0, 0.1) is 0 Å². The summed E-state index contributed by atoms with van der Waals surface area (Å²) in [6, 6.07) is 25.2. The average Bonchev–Trinajstić information content (AvgIpc) is 3.04. The molecule has 3 aromatic rings. The van der Waals surface area contributed by atoms with Gasteiger partial charge in [-0.2, -0.15) is 0 Å². The molecule has 3 N–H and O–H groups in total. The van der Waals surface area contributed by atoms with Crippen LogP contribution < -0.4 is 20.7 Å². The van der Waals surface area contributed by atoms with E-state index in [1.807, 2.05) is 120 Å². The van der Waals surface area contributed by atoms with Crippen LogP contribution in [0.4, 0.5) is 4.79 Å². The van der Waals surface area contributed by atoms with Crippen LogP contribution in [0.25, 0.3) is 0 Å². The van der Waals surface area contributed by atoms with Gasteiger partial charge in [-0.05, 0) is 69.9 Å². The maximum Gasteiger partial charge on any atom is 0.315 e. The number of rotatable bonds is 18. The monoisotopic (exact) mass is 656 g/mol. The Hall–Kier alpha value is -4.63. The van der Waals surface area contributed by atoms with E-state index in [1.54, 1.807) is 11.0 Å². The summed E-state index contributed by atoms with van der Waals surface area (Å²) in [7, 11) is 0. The van der Waals surface area contributed by atoms with E-state index in [0.717, 1.165) is 22.4 Å². The fourth-order valence-electron chi connectivity index (χ4n) is 5.27. The zero-order valence-corrected chi connectivity index (χ0v) is 29.0. The summed E-state index contributed by atoms with van der Waals surface area (Å²) in [5.41, 5.74) is 2.45. The highest BCUT2D eigenvalue weighted by atomic mass is 16.5. The Morgan fingerprint density at radius 1 is 0.875 bits per heavy atom. The summed E-state index contributed by atoms with van der Waals surface area (Å²) in [4.78, 5) is 42.4. The summed E-state index contributed by atoms with van der Waals surface area (Å²) in [5, 5.41) is 8.72. The minimum atomic E-state index is -0.860. The number of hydrogen-bond donors (Lipinski definition) is 3. The van der Waals surface area contributed by atoms with Gasteiger partial charge in [0.25, 0.3) is 0 Å². The molecule has 0 spiro atoms. The van der Waals surface area contributed by atoms with Crippen molar-refractivity contribution in [3.05, 3.63) is 114 Å². The Kier molecular flexibility index (Phi) is 15.2. The molecule has 3 atom stereocenters. The lowest BCUT2D eigenvalue weighted by Crippen LogP contribution is -2.52. The molecule has 9 heteroatoms. The lowest BCUT2D eigenvalue weighted by molar-refractivity contribution is -0.138. The standard InChI is InChI=1S/C39H52N4O5/c1-7-15-33(41-38(46)40-26-31-16-11-9-12-17-31)25-36(44)42-35(24-30-20-22-34(23-21-30)48-39(4,5)6)37(45)43(27-29(3)47-8-2)28-32-18-13-10-14-19-32/h7,9-14,16-23,29,33,35H,1,8,15,24-28H2,2-6H3,(H,42,44)(H2,40,41,46)/t29?,33-,35+/m1/s1. The van der Waals surface area contributed by atoms with Crippen molar-refractivity contribution in [2.24, 2.45) is 0 Å². The third-order valence-electron chi connectivity index (χ3n) is 7.39. The number of benzene rings is 3. The van der Waals surface area contributed by atoms with Gasteiger partial charge in [-0.3, -0.25) is 9.59 Å². The maximum atomic E-state index is 14.3. The van der Waals surface area contributed by atoms with Crippen LogP contribution in [-0.4, -0.2) is 59.7 Å². The number of hydrogen-bond acceptors (Lipinski definition) is 5. The van der Waals surface area contributed by atoms with Gasteiger partial charge in [0.2, 0.25) is 11.8 Å². The predicted molar refractivity (Wildman–Crippen MR) is 190 cm³/mol. The number of carbonyl (C=O) groups excluding carboxylic acids is 3. The van der Waals surface area contributed by atoms with Gasteiger partial charge >= 0.3 is 6.03 Å². The van der Waals surface area contributed by atoms with E-state index in [1.165, 1.54) is 0 Å². The molecule has 0 saturated carbocycles. The van der Waals surface area contributed by atoms with E-state index in [4.69, 9.17) is 9.47 Å². The minimum Gasteiger partial charge on any atom is -0.488 e. The largest absolute Gasteiger partial charge is 0.488 e. The van der Waals surface area contributed by atoms with E-state index in [2.05, 4.69) is 22.5 Å². The molecular formula is C39H52N4O5. The minimum absolute atomic E-state index is 0.0268. The van der Waals surface area contributed by atoms with Crippen LogP contribution >= 0.6 is 0 Å². The van der Waals surface area contributed by atoms with Crippen molar-refractivity contribution in [1.82, 2.24) is 20.9 Å². The molecule has 0 saturated heterocycles. The molecule has 9 nitrogen and oxygen atoms in total. The third kappa shape index (κ3) is 14.0. The van der Waals surface area contributed by atoms with Crippen molar-refractivity contribution >= 4 is 17.8 Å². The van der Waals surface area contributed by atoms with Gasteiger partial charge in [-0.15, -0.1) is 6.58 Å². The SMILES string of the molecule is C=CC[C@H](CC(=O)N[C@@H](Cc1ccc(OC(C)(C)C)cc1)C(=O)N(Cc1ccccc1)CC(C)OCC)NC(=O)NCc1ccccc1. The van der Waals surface area contributed by atoms with Crippen molar-refractivity contribution in [2.75, 3.05) is 13.2 Å². The zero-order valence-electron chi connectivity index (χ0n) is 29.0. The first-order chi connectivity index (χ1) is 23.0. The molecule has 0 bridgehead atoms. The van der Waals surface area contributed by atoms with Crippen LogP contribution in [0.5, 0.6) is 5.75 Å². The second kappa shape index (κ2) is 19.3. The molecule has 1 unspecified atom stereocenters. The first kappa shape index (κ1) is 37.8. The number of nitrogens with one attached hydrogen (secondary N) is 3. The van der Waals surface area contributed by atoms with E-state index in [9.17, 15) is 14.4 Å². The molecule has 4 amide bonds. The van der Waals surface area contributed by atoms with Gasteiger partial charge in [0.05, 0.1) is 6.10 Å². The van der Waals surface area contributed by atoms with Gasteiger partial charge in [0, 0.05) is 45.1 Å². The highest BCUT2D eigenvalue weighted by molar-refractivity contribution is 5.88. The summed E-state index contributed by atoms with van der Waals surface area (Å²) in [6.07, 6.45) is 2.08. The molecule has 0 aliphatic heterocycles. The molecular weight excluding hydrogens is 604 g/mol. The number of ether oxygens (including phenoxy) is 2. The van der Waals surface area contributed by atoms with Gasteiger partial charge in [0.1, 0.15) is 17.4 Å². The van der Waals surface area contributed by atoms with E-state index < -0.39 is 12.1 Å². The van der Waals surface area contributed by atoms with Crippen LogP contribution in [0.2, 0.25) is 0 Å². The molecule has 3 aromatic carbocycles. The highest BCUT2D eigenvalue weighted by Gasteiger charge is 2.29. The van der Waals surface area contributed by atoms with E-state index in [0.29, 0.717) is 32.7 Å². The number of urea groups is 1.